The minimum atomic E-state index is -0.592. The van der Waals surface area contributed by atoms with E-state index in [1.807, 2.05) is 6.92 Å². The van der Waals surface area contributed by atoms with E-state index >= 15 is 0 Å². The summed E-state index contributed by atoms with van der Waals surface area (Å²) >= 11 is 0. The molecule has 1 saturated carbocycles. The molecule has 2 aromatic carbocycles. The molecule has 1 fully saturated rings. The molecular formula is C16H14F2O. The standard InChI is InChI=1S/C16H14F2O/c1-9-6-12(19)8-14(16(9)10-2-3-10)13-5-4-11(17)7-15(13)18/h4-8,10,19H,2-3H2,1H3. The highest BCUT2D eigenvalue weighted by Crippen LogP contribution is 2.47. The first-order valence-electron chi connectivity index (χ1n) is 6.35. The molecule has 1 aliphatic rings. The van der Waals surface area contributed by atoms with Crippen molar-refractivity contribution < 1.29 is 13.9 Å². The van der Waals surface area contributed by atoms with Crippen molar-refractivity contribution in [3.8, 4) is 16.9 Å². The fraction of sp³-hybridized carbons (Fsp3) is 0.250. The van der Waals surface area contributed by atoms with E-state index in [-0.39, 0.29) is 5.75 Å². The molecule has 19 heavy (non-hydrogen) atoms. The first-order valence-corrected chi connectivity index (χ1v) is 6.35. The molecule has 0 unspecified atom stereocenters. The number of benzene rings is 2. The SMILES string of the molecule is Cc1cc(O)cc(-c2ccc(F)cc2F)c1C1CC1. The normalized spacial score (nSPS) is 14.7. The van der Waals surface area contributed by atoms with Crippen LogP contribution in [0.1, 0.15) is 29.9 Å². The lowest BCUT2D eigenvalue weighted by atomic mass is 9.92. The number of hydrogen-bond donors (Lipinski definition) is 1. The Bertz CT molecular complexity index is 645. The van der Waals surface area contributed by atoms with E-state index < -0.39 is 11.6 Å². The molecule has 0 bridgehead atoms. The summed E-state index contributed by atoms with van der Waals surface area (Å²) in [4.78, 5) is 0. The Hall–Kier alpha value is -1.90. The fourth-order valence-corrected chi connectivity index (χ4v) is 2.62. The average molecular weight is 260 g/mol. The Morgan fingerprint density at radius 3 is 2.42 bits per heavy atom. The second-order valence-electron chi connectivity index (χ2n) is 5.12. The van der Waals surface area contributed by atoms with Crippen LogP contribution < -0.4 is 0 Å². The van der Waals surface area contributed by atoms with Gasteiger partial charge in [-0.3, -0.25) is 0 Å². The van der Waals surface area contributed by atoms with Crippen molar-refractivity contribution in [2.45, 2.75) is 25.7 Å². The zero-order chi connectivity index (χ0) is 13.6. The van der Waals surface area contributed by atoms with Crippen LogP contribution in [0.2, 0.25) is 0 Å². The predicted molar refractivity (Wildman–Crippen MR) is 70.2 cm³/mol. The number of phenolic OH excluding ortho intramolecular Hbond substituents is 1. The zero-order valence-corrected chi connectivity index (χ0v) is 10.6. The summed E-state index contributed by atoms with van der Waals surface area (Å²) in [5.41, 5.74) is 3.06. The Balaban J connectivity index is 2.23. The van der Waals surface area contributed by atoms with E-state index in [2.05, 4.69) is 0 Å². The van der Waals surface area contributed by atoms with Crippen molar-refractivity contribution >= 4 is 0 Å². The molecule has 0 spiro atoms. The van der Waals surface area contributed by atoms with Crippen molar-refractivity contribution in [2.75, 3.05) is 0 Å². The van der Waals surface area contributed by atoms with E-state index in [4.69, 9.17) is 0 Å². The summed E-state index contributed by atoms with van der Waals surface area (Å²) in [6, 6.07) is 6.82. The zero-order valence-electron chi connectivity index (χ0n) is 10.6. The number of rotatable bonds is 2. The molecule has 0 radical (unpaired) electrons. The summed E-state index contributed by atoms with van der Waals surface area (Å²) in [6.45, 7) is 1.91. The lowest BCUT2D eigenvalue weighted by molar-refractivity contribution is 0.475. The molecule has 0 amide bonds. The van der Waals surface area contributed by atoms with Crippen LogP contribution in [0, 0.1) is 18.6 Å². The van der Waals surface area contributed by atoms with E-state index in [0.717, 1.165) is 30.0 Å². The third-order valence-electron chi connectivity index (χ3n) is 3.58. The Labute approximate surface area is 110 Å². The number of phenols is 1. The van der Waals surface area contributed by atoms with Crippen LogP contribution in [0.4, 0.5) is 8.78 Å². The molecular weight excluding hydrogens is 246 g/mol. The second-order valence-corrected chi connectivity index (χ2v) is 5.12. The quantitative estimate of drug-likeness (QED) is 0.841. The van der Waals surface area contributed by atoms with Crippen molar-refractivity contribution in [1.82, 2.24) is 0 Å². The van der Waals surface area contributed by atoms with Crippen LogP contribution in [0.25, 0.3) is 11.1 Å². The van der Waals surface area contributed by atoms with Gasteiger partial charge in [0.2, 0.25) is 0 Å². The number of aromatic hydroxyl groups is 1. The largest absolute Gasteiger partial charge is 0.508 e. The fourth-order valence-electron chi connectivity index (χ4n) is 2.62. The van der Waals surface area contributed by atoms with Gasteiger partial charge in [-0.1, -0.05) is 0 Å². The van der Waals surface area contributed by atoms with Gasteiger partial charge in [0, 0.05) is 11.6 Å². The van der Waals surface area contributed by atoms with Gasteiger partial charge in [0.1, 0.15) is 17.4 Å². The van der Waals surface area contributed by atoms with Crippen molar-refractivity contribution in [1.29, 1.82) is 0 Å². The molecule has 3 heteroatoms. The van der Waals surface area contributed by atoms with Gasteiger partial charge in [-0.15, -0.1) is 0 Å². The molecule has 0 heterocycles. The van der Waals surface area contributed by atoms with Crippen LogP contribution in [-0.4, -0.2) is 5.11 Å². The Morgan fingerprint density at radius 2 is 1.79 bits per heavy atom. The first kappa shape index (κ1) is 12.2. The summed E-state index contributed by atoms with van der Waals surface area (Å²) in [5, 5.41) is 9.73. The first-order chi connectivity index (χ1) is 9.06. The van der Waals surface area contributed by atoms with Gasteiger partial charge in [0.05, 0.1) is 0 Å². The molecule has 0 saturated heterocycles. The van der Waals surface area contributed by atoms with Gasteiger partial charge >= 0.3 is 0 Å². The minimum absolute atomic E-state index is 0.112. The van der Waals surface area contributed by atoms with E-state index in [1.165, 1.54) is 12.1 Å². The number of hydrogen-bond acceptors (Lipinski definition) is 1. The molecule has 3 rings (SSSR count). The maximum atomic E-state index is 13.9. The molecule has 2 aromatic rings. The highest BCUT2D eigenvalue weighted by atomic mass is 19.1. The lowest BCUT2D eigenvalue weighted by Gasteiger charge is -2.14. The third kappa shape index (κ3) is 2.21. The lowest BCUT2D eigenvalue weighted by Crippen LogP contribution is -1.95. The van der Waals surface area contributed by atoms with Gasteiger partial charge in [0.25, 0.3) is 0 Å². The predicted octanol–water partition coefficient (Wildman–Crippen LogP) is 4.52. The Morgan fingerprint density at radius 1 is 1.05 bits per heavy atom. The maximum Gasteiger partial charge on any atom is 0.133 e. The van der Waals surface area contributed by atoms with Gasteiger partial charge in [0.15, 0.2) is 0 Å². The van der Waals surface area contributed by atoms with E-state index in [1.54, 1.807) is 12.1 Å². The monoisotopic (exact) mass is 260 g/mol. The molecule has 98 valence electrons. The van der Waals surface area contributed by atoms with Crippen molar-refractivity contribution in [3.05, 3.63) is 53.1 Å². The van der Waals surface area contributed by atoms with E-state index in [0.29, 0.717) is 17.0 Å². The summed E-state index contributed by atoms with van der Waals surface area (Å²) in [6.07, 6.45) is 2.17. The molecule has 1 N–H and O–H groups in total. The van der Waals surface area contributed by atoms with Gasteiger partial charge in [-0.05, 0) is 66.6 Å². The van der Waals surface area contributed by atoms with Crippen LogP contribution in [0.3, 0.4) is 0 Å². The van der Waals surface area contributed by atoms with Gasteiger partial charge < -0.3 is 5.11 Å². The second kappa shape index (κ2) is 4.34. The maximum absolute atomic E-state index is 13.9. The number of aryl methyl sites for hydroxylation is 1. The topological polar surface area (TPSA) is 20.2 Å². The Kier molecular flexibility index (Phi) is 2.77. The smallest absolute Gasteiger partial charge is 0.133 e. The number of halogens is 2. The van der Waals surface area contributed by atoms with Crippen molar-refractivity contribution in [3.63, 3.8) is 0 Å². The van der Waals surface area contributed by atoms with Crippen LogP contribution in [-0.2, 0) is 0 Å². The van der Waals surface area contributed by atoms with Crippen LogP contribution >= 0.6 is 0 Å². The van der Waals surface area contributed by atoms with Crippen LogP contribution in [0.15, 0.2) is 30.3 Å². The average Bonchev–Trinajstić information content (AvgIpc) is 3.12. The third-order valence-corrected chi connectivity index (χ3v) is 3.58. The van der Waals surface area contributed by atoms with Crippen molar-refractivity contribution in [2.24, 2.45) is 0 Å². The molecule has 1 aliphatic carbocycles. The summed E-state index contributed by atoms with van der Waals surface area (Å²) < 4.78 is 26.9. The highest BCUT2D eigenvalue weighted by Gasteiger charge is 2.29. The summed E-state index contributed by atoms with van der Waals surface area (Å²) in [7, 11) is 0. The highest BCUT2D eigenvalue weighted by molar-refractivity contribution is 5.72. The molecule has 0 aromatic heterocycles. The van der Waals surface area contributed by atoms with E-state index in [9.17, 15) is 13.9 Å². The van der Waals surface area contributed by atoms with Crippen LogP contribution in [0.5, 0.6) is 5.75 Å². The minimum Gasteiger partial charge on any atom is -0.508 e. The molecule has 1 nitrogen and oxygen atoms in total. The molecule has 0 atom stereocenters. The summed E-state index contributed by atoms with van der Waals surface area (Å²) in [5.74, 6) is -0.640. The molecule has 0 aliphatic heterocycles. The van der Waals surface area contributed by atoms with Gasteiger partial charge in [-0.25, -0.2) is 8.78 Å². The van der Waals surface area contributed by atoms with Gasteiger partial charge in [-0.2, -0.15) is 0 Å².